The van der Waals surface area contributed by atoms with Gasteiger partial charge in [-0.15, -0.1) is 11.3 Å². The molecule has 1 N–H and O–H groups in total. The quantitative estimate of drug-likeness (QED) is 0.672. The highest BCUT2D eigenvalue weighted by molar-refractivity contribution is 8.04. The van der Waals surface area contributed by atoms with Gasteiger partial charge in [0.15, 0.2) is 9.99 Å². The molecule has 82 valence electrons. The highest BCUT2D eigenvalue weighted by Gasteiger charge is 2.06. The van der Waals surface area contributed by atoms with Gasteiger partial charge in [0, 0.05) is 12.3 Å². The van der Waals surface area contributed by atoms with Gasteiger partial charge in [0.25, 0.3) is 0 Å². The SMILES string of the molecule is C/C(=C/C(=O)O)Sc1nc2ncccc2s1. The third-order valence-corrected chi connectivity index (χ3v) is 3.73. The third kappa shape index (κ3) is 2.59. The number of aromatic nitrogens is 2. The van der Waals surface area contributed by atoms with Crippen molar-refractivity contribution in [3.05, 3.63) is 29.3 Å². The Balaban J connectivity index is 2.25. The van der Waals surface area contributed by atoms with Crippen molar-refractivity contribution in [2.24, 2.45) is 0 Å². The Kier molecular flexibility index (Phi) is 3.21. The fourth-order valence-electron chi connectivity index (χ4n) is 1.13. The van der Waals surface area contributed by atoms with Gasteiger partial charge in [-0.1, -0.05) is 11.8 Å². The monoisotopic (exact) mass is 252 g/mol. The van der Waals surface area contributed by atoms with Crippen molar-refractivity contribution >= 4 is 39.4 Å². The first kappa shape index (κ1) is 11.1. The first-order valence-corrected chi connectivity index (χ1v) is 6.09. The minimum atomic E-state index is -0.941. The van der Waals surface area contributed by atoms with E-state index in [0.29, 0.717) is 10.6 Å². The number of thiazole rings is 1. The van der Waals surface area contributed by atoms with Crippen LogP contribution in [0.4, 0.5) is 0 Å². The van der Waals surface area contributed by atoms with Gasteiger partial charge in [-0.3, -0.25) is 0 Å². The van der Waals surface area contributed by atoms with E-state index in [-0.39, 0.29) is 0 Å². The van der Waals surface area contributed by atoms with Crippen LogP contribution in [0.25, 0.3) is 10.3 Å². The number of pyridine rings is 1. The normalized spacial score (nSPS) is 11.9. The van der Waals surface area contributed by atoms with E-state index in [1.54, 1.807) is 13.1 Å². The molecule has 4 nitrogen and oxygen atoms in total. The molecule has 16 heavy (non-hydrogen) atoms. The second-order valence-corrected chi connectivity index (χ2v) is 5.52. The zero-order chi connectivity index (χ0) is 11.5. The van der Waals surface area contributed by atoms with Crippen molar-refractivity contribution in [3.8, 4) is 0 Å². The van der Waals surface area contributed by atoms with E-state index in [0.717, 1.165) is 9.04 Å². The molecule has 0 saturated carbocycles. The molecule has 0 aliphatic heterocycles. The first-order chi connectivity index (χ1) is 7.65. The van der Waals surface area contributed by atoms with Crippen molar-refractivity contribution in [1.82, 2.24) is 9.97 Å². The Morgan fingerprint density at radius 1 is 1.62 bits per heavy atom. The summed E-state index contributed by atoms with van der Waals surface area (Å²) in [6, 6.07) is 3.80. The van der Waals surface area contributed by atoms with Crippen LogP contribution in [-0.4, -0.2) is 21.0 Å². The molecular formula is C10H8N2O2S2. The molecular weight excluding hydrogens is 244 g/mol. The molecule has 0 amide bonds. The number of rotatable bonds is 3. The average Bonchev–Trinajstić information content (AvgIpc) is 2.57. The van der Waals surface area contributed by atoms with Gasteiger partial charge in [-0.25, -0.2) is 14.8 Å². The maximum absolute atomic E-state index is 10.5. The first-order valence-electron chi connectivity index (χ1n) is 4.46. The van der Waals surface area contributed by atoms with Crippen molar-refractivity contribution < 1.29 is 9.90 Å². The van der Waals surface area contributed by atoms with Gasteiger partial charge in [-0.2, -0.15) is 0 Å². The zero-order valence-corrected chi connectivity index (χ0v) is 10.0. The van der Waals surface area contributed by atoms with E-state index in [9.17, 15) is 4.79 Å². The van der Waals surface area contributed by atoms with E-state index in [2.05, 4.69) is 9.97 Å². The number of hydrogen-bond donors (Lipinski definition) is 1. The Morgan fingerprint density at radius 3 is 3.12 bits per heavy atom. The van der Waals surface area contributed by atoms with E-state index < -0.39 is 5.97 Å². The summed E-state index contributed by atoms with van der Waals surface area (Å²) in [5, 5.41) is 8.58. The number of nitrogens with zero attached hydrogens (tertiary/aromatic N) is 2. The number of hydrogen-bond acceptors (Lipinski definition) is 5. The number of carboxylic acids is 1. The summed E-state index contributed by atoms with van der Waals surface area (Å²) in [5.74, 6) is -0.941. The van der Waals surface area contributed by atoms with Crippen LogP contribution in [0.15, 0.2) is 33.7 Å². The molecule has 0 saturated heterocycles. The number of allylic oxidation sites excluding steroid dienone is 1. The lowest BCUT2D eigenvalue weighted by Crippen LogP contribution is -1.87. The number of thioether (sulfide) groups is 1. The second-order valence-electron chi connectivity index (χ2n) is 3.00. The van der Waals surface area contributed by atoms with E-state index in [1.165, 1.54) is 29.2 Å². The van der Waals surface area contributed by atoms with Crippen LogP contribution in [0, 0.1) is 0 Å². The fourth-order valence-corrected chi connectivity index (χ4v) is 3.19. The topological polar surface area (TPSA) is 63.1 Å². The Labute approximate surface area is 100 Å². The summed E-state index contributed by atoms with van der Waals surface area (Å²) in [4.78, 5) is 19.6. The molecule has 0 radical (unpaired) electrons. The van der Waals surface area contributed by atoms with Crippen molar-refractivity contribution in [1.29, 1.82) is 0 Å². The molecule has 0 aliphatic carbocycles. The Bertz CT molecular complexity index is 530. The molecule has 2 aromatic rings. The molecule has 0 bridgehead atoms. The summed E-state index contributed by atoms with van der Waals surface area (Å²) >= 11 is 2.85. The average molecular weight is 252 g/mol. The molecule has 2 rings (SSSR count). The molecule has 0 unspecified atom stereocenters. The van der Waals surface area contributed by atoms with Gasteiger partial charge < -0.3 is 5.11 Å². The third-order valence-electron chi connectivity index (χ3n) is 1.72. The Morgan fingerprint density at radius 2 is 2.44 bits per heavy atom. The maximum Gasteiger partial charge on any atom is 0.329 e. The van der Waals surface area contributed by atoms with Gasteiger partial charge in [0.1, 0.15) is 0 Å². The summed E-state index contributed by atoms with van der Waals surface area (Å²) in [6.45, 7) is 1.75. The van der Waals surface area contributed by atoms with Gasteiger partial charge in [0.05, 0.1) is 4.70 Å². The summed E-state index contributed by atoms with van der Waals surface area (Å²) in [6.07, 6.45) is 2.86. The lowest BCUT2D eigenvalue weighted by Gasteiger charge is -1.93. The van der Waals surface area contributed by atoms with E-state index in [4.69, 9.17) is 5.11 Å². The predicted molar refractivity (Wildman–Crippen MR) is 64.7 cm³/mol. The molecule has 0 atom stereocenters. The predicted octanol–water partition coefficient (Wildman–Crippen LogP) is 2.77. The minimum Gasteiger partial charge on any atom is -0.478 e. The van der Waals surface area contributed by atoms with Crippen LogP contribution < -0.4 is 0 Å². The maximum atomic E-state index is 10.5. The summed E-state index contributed by atoms with van der Waals surface area (Å²) in [7, 11) is 0. The second kappa shape index (κ2) is 4.63. The summed E-state index contributed by atoms with van der Waals surface area (Å²) in [5.41, 5.74) is 0.707. The van der Waals surface area contributed by atoms with Crippen LogP contribution in [0.1, 0.15) is 6.92 Å². The number of aliphatic carboxylic acids is 1. The smallest absolute Gasteiger partial charge is 0.329 e. The number of fused-ring (bicyclic) bond motifs is 1. The zero-order valence-electron chi connectivity index (χ0n) is 8.38. The van der Waals surface area contributed by atoms with Crippen molar-refractivity contribution in [2.45, 2.75) is 11.3 Å². The Hall–Kier alpha value is -1.40. The molecule has 0 aliphatic rings. The van der Waals surface area contributed by atoms with Crippen LogP contribution in [0.2, 0.25) is 0 Å². The fraction of sp³-hybridized carbons (Fsp3) is 0.100. The largest absolute Gasteiger partial charge is 0.478 e. The van der Waals surface area contributed by atoms with Crippen LogP contribution in [0.3, 0.4) is 0 Å². The molecule has 6 heteroatoms. The lowest BCUT2D eigenvalue weighted by molar-refractivity contribution is -0.131. The van der Waals surface area contributed by atoms with Gasteiger partial charge in [0.2, 0.25) is 0 Å². The number of carbonyl (C=O) groups is 1. The van der Waals surface area contributed by atoms with Crippen LogP contribution in [0.5, 0.6) is 0 Å². The van der Waals surface area contributed by atoms with Crippen LogP contribution in [-0.2, 0) is 4.79 Å². The summed E-state index contributed by atoms with van der Waals surface area (Å²) < 4.78 is 1.82. The standard InChI is InChI=1S/C10H8N2O2S2/c1-6(5-8(13)14)15-10-12-9-7(16-10)3-2-4-11-9/h2-5H,1H3,(H,13,14)/b6-5-. The molecule has 0 fully saturated rings. The highest BCUT2D eigenvalue weighted by atomic mass is 32.2. The van der Waals surface area contributed by atoms with E-state index >= 15 is 0 Å². The molecule has 2 heterocycles. The number of carboxylic acid groups (broad SMARTS) is 1. The molecule has 0 aromatic carbocycles. The van der Waals surface area contributed by atoms with Gasteiger partial charge >= 0.3 is 5.97 Å². The minimum absolute atomic E-state index is 0.701. The molecule has 2 aromatic heterocycles. The van der Waals surface area contributed by atoms with Crippen molar-refractivity contribution in [3.63, 3.8) is 0 Å². The van der Waals surface area contributed by atoms with Crippen LogP contribution >= 0.6 is 23.1 Å². The van der Waals surface area contributed by atoms with Crippen molar-refractivity contribution in [2.75, 3.05) is 0 Å². The van der Waals surface area contributed by atoms with Gasteiger partial charge in [-0.05, 0) is 24.0 Å². The highest BCUT2D eigenvalue weighted by Crippen LogP contribution is 2.32. The molecule has 0 spiro atoms. The van der Waals surface area contributed by atoms with E-state index in [1.807, 2.05) is 12.1 Å². The lowest BCUT2D eigenvalue weighted by atomic mass is 10.5.